The van der Waals surface area contributed by atoms with Crippen LogP contribution in [0.25, 0.3) is 11.4 Å². The molecule has 0 aliphatic carbocycles. The number of aromatic nitrogens is 2. The van der Waals surface area contributed by atoms with Crippen molar-refractivity contribution >= 4 is 5.69 Å². The lowest BCUT2D eigenvalue weighted by Crippen LogP contribution is -2.17. The summed E-state index contributed by atoms with van der Waals surface area (Å²) in [5, 5.41) is 13.8. The van der Waals surface area contributed by atoms with E-state index in [9.17, 15) is 14.9 Å². The molecule has 0 atom stereocenters. The average molecular weight is 274 g/mol. The molecule has 20 heavy (non-hydrogen) atoms. The topological polar surface area (TPSA) is 101 Å². The standard InChI is InChI=1S/C13H14N4O3/c1-2-14-8-10-7-12(18)16-13(15-10)9-4-3-5-11(6-9)17(19)20/h3-7,14H,2,8H2,1H3,(H,15,16,18). The third-order valence-corrected chi connectivity index (χ3v) is 2.68. The van der Waals surface area contributed by atoms with Gasteiger partial charge in [-0.1, -0.05) is 19.1 Å². The summed E-state index contributed by atoms with van der Waals surface area (Å²) in [5.74, 6) is 0.328. The number of nitro benzene ring substituents is 1. The van der Waals surface area contributed by atoms with Crippen LogP contribution < -0.4 is 10.9 Å². The van der Waals surface area contributed by atoms with Gasteiger partial charge in [-0.3, -0.25) is 14.9 Å². The third-order valence-electron chi connectivity index (χ3n) is 2.68. The molecule has 1 aromatic heterocycles. The van der Waals surface area contributed by atoms with Gasteiger partial charge in [0.05, 0.1) is 10.6 Å². The molecule has 1 heterocycles. The number of benzene rings is 1. The molecular weight excluding hydrogens is 260 g/mol. The predicted molar refractivity (Wildman–Crippen MR) is 74.3 cm³/mol. The molecule has 1 aromatic carbocycles. The van der Waals surface area contributed by atoms with E-state index in [4.69, 9.17) is 0 Å². The van der Waals surface area contributed by atoms with Crippen molar-refractivity contribution in [1.82, 2.24) is 15.3 Å². The fourth-order valence-corrected chi connectivity index (χ4v) is 1.76. The number of nitro groups is 1. The van der Waals surface area contributed by atoms with Crippen molar-refractivity contribution in [3.8, 4) is 11.4 Å². The maximum absolute atomic E-state index is 11.6. The molecule has 0 saturated heterocycles. The summed E-state index contributed by atoms with van der Waals surface area (Å²) >= 11 is 0. The first-order chi connectivity index (χ1) is 9.60. The normalized spacial score (nSPS) is 10.4. The first-order valence-electron chi connectivity index (χ1n) is 6.16. The van der Waals surface area contributed by atoms with Crippen molar-refractivity contribution < 1.29 is 4.92 Å². The maximum Gasteiger partial charge on any atom is 0.270 e. The highest BCUT2D eigenvalue weighted by atomic mass is 16.6. The molecule has 0 saturated carbocycles. The van der Waals surface area contributed by atoms with E-state index in [2.05, 4.69) is 15.3 Å². The van der Waals surface area contributed by atoms with E-state index >= 15 is 0 Å². The van der Waals surface area contributed by atoms with Gasteiger partial charge >= 0.3 is 0 Å². The predicted octanol–water partition coefficient (Wildman–Crippen LogP) is 1.45. The number of hydrogen-bond donors (Lipinski definition) is 2. The summed E-state index contributed by atoms with van der Waals surface area (Å²) in [6.07, 6.45) is 0. The Morgan fingerprint density at radius 2 is 2.20 bits per heavy atom. The van der Waals surface area contributed by atoms with E-state index in [-0.39, 0.29) is 11.2 Å². The van der Waals surface area contributed by atoms with E-state index in [0.29, 0.717) is 23.6 Å². The van der Waals surface area contributed by atoms with Crippen LogP contribution in [0.3, 0.4) is 0 Å². The van der Waals surface area contributed by atoms with Gasteiger partial charge < -0.3 is 10.3 Å². The zero-order valence-electron chi connectivity index (χ0n) is 10.9. The summed E-state index contributed by atoms with van der Waals surface area (Å²) in [6, 6.07) is 7.41. The minimum Gasteiger partial charge on any atom is -0.311 e. The Morgan fingerprint density at radius 1 is 1.40 bits per heavy atom. The van der Waals surface area contributed by atoms with Gasteiger partial charge in [-0.25, -0.2) is 4.98 Å². The molecule has 7 heteroatoms. The Labute approximate surface area is 114 Å². The average Bonchev–Trinajstić information content (AvgIpc) is 2.44. The summed E-state index contributed by atoms with van der Waals surface area (Å²) in [5.41, 5.74) is 0.781. The van der Waals surface area contributed by atoms with Gasteiger partial charge in [-0.15, -0.1) is 0 Å². The summed E-state index contributed by atoms with van der Waals surface area (Å²) in [7, 11) is 0. The van der Waals surface area contributed by atoms with Gasteiger partial charge in [-0.2, -0.15) is 0 Å². The lowest BCUT2D eigenvalue weighted by molar-refractivity contribution is -0.384. The minimum absolute atomic E-state index is 0.0396. The van der Waals surface area contributed by atoms with Crippen LogP contribution in [-0.4, -0.2) is 21.4 Å². The highest BCUT2D eigenvalue weighted by molar-refractivity contribution is 5.58. The second-order valence-corrected chi connectivity index (χ2v) is 4.17. The van der Waals surface area contributed by atoms with Crippen LogP contribution in [0.2, 0.25) is 0 Å². The van der Waals surface area contributed by atoms with Crippen molar-refractivity contribution in [1.29, 1.82) is 0 Å². The van der Waals surface area contributed by atoms with Crippen LogP contribution in [0.1, 0.15) is 12.6 Å². The summed E-state index contributed by atoms with van der Waals surface area (Å²) in [6.45, 7) is 3.19. The van der Waals surface area contributed by atoms with Crippen LogP contribution in [0.15, 0.2) is 35.1 Å². The molecule has 104 valence electrons. The van der Waals surface area contributed by atoms with E-state index in [1.165, 1.54) is 18.2 Å². The van der Waals surface area contributed by atoms with E-state index < -0.39 is 4.92 Å². The molecule has 0 bridgehead atoms. The molecule has 0 spiro atoms. The van der Waals surface area contributed by atoms with E-state index in [1.807, 2.05) is 6.92 Å². The molecule has 0 amide bonds. The van der Waals surface area contributed by atoms with Crippen molar-refractivity contribution in [2.24, 2.45) is 0 Å². The van der Waals surface area contributed by atoms with Crippen molar-refractivity contribution in [3.63, 3.8) is 0 Å². The van der Waals surface area contributed by atoms with Crippen LogP contribution in [0, 0.1) is 10.1 Å². The Balaban J connectivity index is 2.41. The SMILES string of the molecule is CCNCc1cc(=O)[nH]c(-c2cccc([N+](=O)[O-])c2)n1. The molecular formula is C13H14N4O3. The van der Waals surface area contributed by atoms with Crippen LogP contribution in [0.5, 0.6) is 0 Å². The third kappa shape index (κ3) is 3.27. The maximum atomic E-state index is 11.6. The molecule has 0 fully saturated rings. The monoisotopic (exact) mass is 274 g/mol. The quantitative estimate of drug-likeness (QED) is 0.635. The molecule has 7 nitrogen and oxygen atoms in total. The largest absolute Gasteiger partial charge is 0.311 e. The lowest BCUT2D eigenvalue weighted by Gasteiger charge is -2.05. The number of nitrogens with one attached hydrogen (secondary N) is 2. The summed E-state index contributed by atoms with van der Waals surface area (Å²) < 4.78 is 0. The van der Waals surface area contributed by atoms with Gasteiger partial charge in [0.25, 0.3) is 11.2 Å². The second kappa shape index (κ2) is 6.07. The van der Waals surface area contributed by atoms with Crippen LogP contribution in [-0.2, 0) is 6.54 Å². The number of H-pyrrole nitrogens is 1. The van der Waals surface area contributed by atoms with Crippen molar-refractivity contribution in [3.05, 3.63) is 56.5 Å². The molecule has 2 rings (SSSR count). The molecule has 2 N–H and O–H groups in total. The second-order valence-electron chi connectivity index (χ2n) is 4.17. The number of hydrogen-bond acceptors (Lipinski definition) is 5. The molecule has 0 unspecified atom stereocenters. The van der Waals surface area contributed by atoms with Gasteiger partial charge in [0.1, 0.15) is 5.82 Å². The van der Waals surface area contributed by atoms with Gasteiger partial charge in [0.15, 0.2) is 0 Å². The Bertz CT molecular complexity index is 681. The number of aromatic amines is 1. The number of nitrogens with zero attached hydrogens (tertiary/aromatic N) is 2. The minimum atomic E-state index is -0.482. The van der Waals surface area contributed by atoms with Crippen LogP contribution >= 0.6 is 0 Å². The van der Waals surface area contributed by atoms with Gasteiger partial charge in [0, 0.05) is 30.3 Å². The summed E-state index contributed by atoms with van der Waals surface area (Å²) in [4.78, 5) is 28.8. The Kier molecular flexibility index (Phi) is 4.21. The van der Waals surface area contributed by atoms with E-state index in [1.54, 1.807) is 12.1 Å². The zero-order chi connectivity index (χ0) is 14.5. The Hall–Kier alpha value is -2.54. The van der Waals surface area contributed by atoms with Crippen LogP contribution in [0.4, 0.5) is 5.69 Å². The first kappa shape index (κ1) is 13.9. The van der Waals surface area contributed by atoms with Crippen molar-refractivity contribution in [2.45, 2.75) is 13.5 Å². The number of rotatable bonds is 5. The highest BCUT2D eigenvalue weighted by Gasteiger charge is 2.09. The number of non-ortho nitro benzene ring substituents is 1. The highest BCUT2D eigenvalue weighted by Crippen LogP contribution is 2.20. The van der Waals surface area contributed by atoms with E-state index in [0.717, 1.165) is 6.54 Å². The van der Waals surface area contributed by atoms with Crippen molar-refractivity contribution in [2.75, 3.05) is 6.54 Å². The zero-order valence-corrected chi connectivity index (χ0v) is 10.9. The fourth-order valence-electron chi connectivity index (χ4n) is 1.76. The fraction of sp³-hybridized carbons (Fsp3) is 0.231. The molecule has 0 aliphatic heterocycles. The van der Waals surface area contributed by atoms with Gasteiger partial charge in [-0.05, 0) is 6.54 Å². The first-order valence-corrected chi connectivity index (χ1v) is 6.16. The van der Waals surface area contributed by atoms with Gasteiger partial charge in [0.2, 0.25) is 0 Å². The lowest BCUT2D eigenvalue weighted by atomic mass is 10.2. The molecule has 0 radical (unpaired) electrons. The smallest absolute Gasteiger partial charge is 0.270 e. The molecule has 2 aromatic rings. The molecule has 0 aliphatic rings. The Morgan fingerprint density at radius 3 is 2.90 bits per heavy atom.